The number of aliphatic carboxylic acids is 1. The number of carboxylic acid groups (broad SMARTS) is 1. The van der Waals surface area contributed by atoms with Crippen LogP contribution in [-0.4, -0.2) is 21.8 Å². The van der Waals surface area contributed by atoms with Crippen molar-refractivity contribution in [3.05, 3.63) is 42.1 Å². The highest BCUT2D eigenvalue weighted by Crippen LogP contribution is 2.20. The first-order valence-corrected chi connectivity index (χ1v) is 6.54. The van der Waals surface area contributed by atoms with Crippen molar-refractivity contribution in [2.24, 2.45) is 0 Å². The molecule has 0 aliphatic rings. The van der Waals surface area contributed by atoms with E-state index in [1.807, 2.05) is 43.3 Å². The van der Waals surface area contributed by atoms with Crippen LogP contribution in [0.15, 0.2) is 40.9 Å². The Labute approximate surface area is 117 Å². The molecule has 0 aliphatic carbocycles. The molecule has 2 N–H and O–H groups in total. The lowest BCUT2D eigenvalue weighted by molar-refractivity contribution is -0.144. The van der Waals surface area contributed by atoms with Crippen molar-refractivity contribution in [1.82, 2.24) is 10.5 Å². The number of carbonyl (C=O) groups is 1. The standard InChI is InChI=1S/C15H18N2O3/c1-3-15(2,14(18)19)16-10-12-9-13(20-17-12)11-7-5-4-6-8-11/h4-9,16H,3,10H2,1-2H3,(H,18,19). The molecular weight excluding hydrogens is 256 g/mol. The van der Waals surface area contributed by atoms with Crippen molar-refractivity contribution >= 4 is 5.97 Å². The van der Waals surface area contributed by atoms with Crippen LogP contribution in [0.25, 0.3) is 11.3 Å². The van der Waals surface area contributed by atoms with Crippen LogP contribution in [0.3, 0.4) is 0 Å². The van der Waals surface area contributed by atoms with Crippen molar-refractivity contribution in [3.63, 3.8) is 0 Å². The predicted molar refractivity (Wildman–Crippen MR) is 75.1 cm³/mol. The maximum absolute atomic E-state index is 11.2. The lowest BCUT2D eigenvalue weighted by Crippen LogP contribution is -2.48. The van der Waals surface area contributed by atoms with E-state index in [1.165, 1.54) is 0 Å². The van der Waals surface area contributed by atoms with Gasteiger partial charge in [0.15, 0.2) is 5.76 Å². The zero-order chi connectivity index (χ0) is 14.6. The largest absolute Gasteiger partial charge is 0.480 e. The van der Waals surface area contributed by atoms with Gasteiger partial charge in [-0.25, -0.2) is 0 Å². The molecule has 106 valence electrons. The Morgan fingerprint density at radius 2 is 2.10 bits per heavy atom. The molecule has 0 saturated heterocycles. The van der Waals surface area contributed by atoms with Crippen LogP contribution in [0.1, 0.15) is 26.0 Å². The molecule has 2 rings (SSSR count). The van der Waals surface area contributed by atoms with Gasteiger partial charge >= 0.3 is 5.97 Å². The van der Waals surface area contributed by atoms with Gasteiger partial charge < -0.3 is 9.63 Å². The molecule has 1 aromatic carbocycles. The van der Waals surface area contributed by atoms with Crippen molar-refractivity contribution in [2.75, 3.05) is 0 Å². The van der Waals surface area contributed by atoms with E-state index in [1.54, 1.807) is 6.92 Å². The van der Waals surface area contributed by atoms with E-state index >= 15 is 0 Å². The molecule has 1 aromatic heterocycles. The molecule has 1 heterocycles. The highest BCUT2D eigenvalue weighted by Gasteiger charge is 2.30. The van der Waals surface area contributed by atoms with E-state index < -0.39 is 11.5 Å². The molecule has 2 aromatic rings. The minimum Gasteiger partial charge on any atom is -0.480 e. The first-order chi connectivity index (χ1) is 9.55. The van der Waals surface area contributed by atoms with Crippen LogP contribution in [0.2, 0.25) is 0 Å². The lowest BCUT2D eigenvalue weighted by atomic mass is 9.99. The molecule has 0 radical (unpaired) electrons. The monoisotopic (exact) mass is 274 g/mol. The van der Waals surface area contributed by atoms with Gasteiger partial charge in [0.1, 0.15) is 5.54 Å². The maximum Gasteiger partial charge on any atom is 0.323 e. The Balaban J connectivity index is 2.06. The molecule has 1 atom stereocenters. The number of aromatic nitrogens is 1. The molecule has 5 heteroatoms. The summed E-state index contributed by atoms with van der Waals surface area (Å²) in [6.07, 6.45) is 0.492. The van der Waals surface area contributed by atoms with Crippen LogP contribution < -0.4 is 5.32 Å². The van der Waals surface area contributed by atoms with Gasteiger partial charge in [-0.2, -0.15) is 0 Å². The zero-order valence-corrected chi connectivity index (χ0v) is 11.6. The van der Waals surface area contributed by atoms with Crippen LogP contribution in [0.4, 0.5) is 0 Å². The summed E-state index contributed by atoms with van der Waals surface area (Å²) in [5.74, 6) is -0.192. The molecule has 0 bridgehead atoms. The summed E-state index contributed by atoms with van der Waals surface area (Å²) in [6.45, 7) is 3.85. The van der Waals surface area contributed by atoms with Gasteiger partial charge in [-0.05, 0) is 13.3 Å². The quantitative estimate of drug-likeness (QED) is 0.847. The van der Waals surface area contributed by atoms with Gasteiger partial charge in [-0.1, -0.05) is 42.4 Å². The van der Waals surface area contributed by atoms with Gasteiger partial charge in [-0.15, -0.1) is 0 Å². The van der Waals surface area contributed by atoms with Gasteiger partial charge in [0.25, 0.3) is 0 Å². The molecule has 0 spiro atoms. The molecule has 0 aliphatic heterocycles. The van der Waals surface area contributed by atoms with Gasteiger partial charge in [0.05, 0.1) is 5.69 Å². The fourth-order valence-electron chi connectivity index (χ4n) is 1.77. The molecule has 20 heavy (non-hydrogen) atoms. The number of nitrogens with one attached hydrogen (secondary N) is 1. The fourth-order valence-corrected chi connectivity index (χ4v) is 1.77. The summed E-state index contributed by atoms with van der Waals surface area (Å²) in [6, 6.07) is 11.5. The smallest absolute Gasteiger partial charge is 0.323 e. The van der Waals surface area contributed by atoms with Crippen LogP contribution in [0, 0.1) is 0 Å². The Morgan fingerprint density at radius 3 is 2.70 bits per heavy atom. The second kappa shape index (κ2) is 5.88. The molecule has 1 unspecified atom stereocenters. The summed E-state index contributed by atoms with van der Waals surface area (Å²) >= 11 is 0. The summed E-state index contributed by atoms with van der Waals surface area (Å²) in [4.78, 5) is 11.2. The van der Waals surface area contributed by atoms with Crippen molar-refractivity contribution in [3.8, 4) is 11.3 Å². The third-order valence-corrected chi connectivity index (χ3v) is 3.46. The van der Waals surface area contributed by atoms with Crippen LogP contribution >= 0.6 is 0 Å². The minimum atomic E-state index is -0.953. The summed E-state index contributed by atoms with van der Waals surface area (Å²) in [5, 5.41) is 16.2. The van der Waals surface area contributed by atoms with Crippen molar-refractivity contribution < 1.29 is 14.4 Å². The molecule has 0 amide bonds. The number of hydrogen-bond donors (Lipinski definition) is 2. The van der Waals surface area contributed by atoms with Crippen LogP contribution in [-0.2, 0) is 11.3 Å². The topological polar surface area (TPSA) is 75.4 Å². The molecule has 0 fully saturated rings. The van der Waals surface area contributed by atoms with Gasteiger partial charge in [-0.3, -0.25) is 10.1 Å². The average Bonchev–Trinajstić information content (AvgIpc) is 2.94. The SMILES string of the molecule is CCC(C)(NCc1cc(-c2ccccc2)on1)C(=O)O. The van der Waals surface area contributed by atoms with E-state index in [4.69, 9.17) is 4.52 Å². The Kier molecular flexibility index (Phi) is 4.20. The van der Waals surface area contributed by atoms with E-state index in [9.17, 15) is 9.90 Å². The van der Waals surface area contributed by atoms with E-state index in [2.05, 4.69) is 10.5 Å². The molecule has 5 nitrogen and oxygen atoms in total. The third-order valence-electron chi connectivity index (χ3n) is 3.46. The maximum atomic E-state index is 11.2. The number of nitrogens with zero attached hydrogens (tertiary/aromatic N) is 1. The van der Waals surface area contributed by atoms with E-state index in [0.29, 0.717) is 24.4 Å². The Morgan fingerprint density at radius 1 is 1.40 bits per heavy atom. The van der Waals surface area contributed by atoms with Crippen molar-refractivity contribution in [1.29, 1.82) is 0 Å². The number of benzene rings is 1. The second-order valence-corrected chi connectivity index (χ2v) is 4.89. The Bertz CT molecular complexity index is 580. The summed E-state index contributed by atoms with van der Waals surface area (Å²) in [7, 11) is 0. The normalized spacial score (nSPS) is 13.9. The predicted octanol–water partition coefficient (Wildman–Crippen LogP) is 2.68. The van der Waals surface area contributed by atoms with Gasteiger partial charge in [0, 0.05) is 18.2 Å². The number of carboxylic acids is 1. The molecular formula is C15H18N2O3. The second-order valence-electron chi connectivity index (χ2n) is 4.89. The van der Waals surface area contributed by atoms with Crippen LogP contribution in [0.5, 0.6) is 0 Å². The summed E-state index contributed by atoms with van der Waals surface area (Å²) in [5.41, 5.74) is 0.679. The third kappa shape index (κ3) is 3.05. The first-order valence-electron chi connectivity index (χ1n) is 6.54. The van der Waals surface area contributed by atoms with Gasteiger partial charge in [0.2, 0.25) is 0 Å². The highest BCUT2D eigenvalue weighted by molar-refractivity contribution is 5.78. The average molecular weight is 274 g/mol. The minimum absolute atomic E-state index is 0.354. The zero-order valence-electron chi connectivity index (χ0n) is 11.6. The summed E-state index contributed by atoms with van der Waals surface area (Å²) < 4.78 is 5.27. The Hall–Kier alpha value is -2.14. The molecule has 0 saturated carbocycles. The number of rotatable bonds is 6. The van der Waals surface area contributed by atoms with E-state index in [-0.39, 0.29) is 0 Å². The fraction of sp³-hybridized carbons (Fsp3) is 0.333. The highest BCUT2D eigenvalue weighted by atomic mass is 16.5. The lowest BCUT2D eigenvalue weighted by Gasteiger charge is -2.23. The number of hydrogen-bond acceptors (Lipinski definition) is 4. The first kappa shape index (κ1) is 14.3. The van der Waals surface area contributed by atoms with Crippen molar-refractivity contribution in [2.45, 2.75) is 32.4 Å². The van der Waals surface area contributed by atoms with E-state index in [0.717, 1.165) is 5.56 Å².